The number of anilines is 1. The number of amides is 1. The highest BCUT2D eigenvalue weighted by molar-refractivity contribution is 9.10. The van der Waals surface area contributed by atoms with Crippen LogP contribution in [0.2, 0.25) is 0 Å². The Kier molecular flexibility index (Phi) is 7.19. The van der Waals surface area contributed by atoms with Gasteiger partial charge in [0.15, 0.2) is 0 Å². The third kappa shape index (κ3) is 5.07. The first-order valence-electron chi connectivity index (χ1n) is 7.55. The number of nitrogens with zero attached hydrogens (tertiary/aromatic N) is 2. The monoisotopic (exact) mass is 440 g/mol. The number of hydrogen-bond acceptors (Lipinski definition) is 7. The second-order valence-corrected chi connectivity index (χ2v) is 6.12. The number of carbonyl (C=O) groups excluding carboxylic acids is 1. The van der Waals surface area contributed by atoms with Crippen molar-refractivity contribution in [3.63, 3.8) is 0 Å². The van der Waals surface area contributed by atoms with Crippen molar-refractivity contribution in [2.24, 2.45) is 0 Å². The van der Waals surface area contributed by atoms with Crippen LogP contribution >= 0.6 is 15.9 Å². The summed E-state index contributed by atoms with van der Waals surface area (Å²) in [5.74, 6) is 1.18. The smallest absolute Gasteiger partial charge is 0.277 e. The van der Waals surface area contributed by atoms with Crippen LogP contribution in [0.25, 0.3) is 11.3 Å². The molecule has 0 saturated carbocycles. The number of nitrogens with two attached hydrogens (primary N) is 1. The van der Waals surface area contributed by atoms with Crippen LogP contribution < -0.4 is 28.8 Å². The number of rotatable bonds is 7. The van der Waals surface area contributed by atoms with Gasteiger partial charge in [0.05, 0.1) is 6.54 Å². The van der Waals surface area contributed by atoms with E-state index in [0.717, 1.165) is 21.6 Å². The SMILES string of the molecule is Nc1nonc1C(=O)NCCNCc1ccc(-c2ccc(Br)cc2)o1.[Cl-]. The summed E-state index contributed by atoms with van der Waals surface area (Å²) in [6, 6.07) is 11.8. The highest BCUT2D eigenvalue weighted by atomic mass is 79.9. The first kappa shape index (κ1) is 20.0. The lowest BCUT2D eigenvalue weighted by molar-refractivity contribution is -0.0000144. The largest absolute Gasteiger partial charge is 1.00 e. The van der Waals surface area contributed by atoms with E-state index in [1.165, 1.54) is 0 Å². The second kappa shape index (κ2) is 9.37. The van der Waals surface area contributed by atoms with Gasteiger partial charge >= 0.3 is 0 Å². The van der Waals surface area contributed by atoms with Crippen molar-refractivity contribution < 1.29 is 26.2 Å². The Balaban J connectivity index is 0.00000243. The highest BCUT2D eigenvalue weighted by Gasteiger charge is 2.14. The maximum atomic E-state index is 11.7. The summed E-state index contributed by atoms with van der Waals surface area (Å²) in [5, 5.41) is 12.6. The predicted molar refractivity (Wildman–Crippen MR) is 94.6 cm³/mol. The summed E-state index contributed by atoms with van der Waals surface area (Å²) in [6.45, 7) is 1.52. The molecule has 0 bridgehead atoms. The van der Waals surface area contributed by atoms with E-state index in [2.05, 4.69) is 41.5 Å². The molecule has 0 unspecified atom stereocenters. The van der Waals surface area contributed by atoms with Crippen molar-refractivity contribution in [3.8, 4) is 11.3 Å². The van der Waals surface area contributed by atoms with Crippen LogP contribution in [0.15, 0.2) is 49.9 Å². The minimum Gasteiger partial charge on any atom is -1.00 e. The van der Waals surface area contributed by atoms with Crippen molar-refractivity contribution in [1.82, 2.24) is 20.9 Å². The molecule has 2 heterocycles. The number of carbonyl (C=O) groups is 1. The Morgan fingerprint density at radius 1 is 1.12 bits per heavy atom. The lowest BCUT2D eigenvalue weighted by Crippen LogP contribution is -3.00. The van der Waals surface area contributed by atoms with E-state index in [1.807, 2.05) is 36.4 Å². The molecule has 0 aliphatic rings. The molecular weight excluding hydrogens is 426 g/mol. The molecule has 0 saturated heterocycles. The Bertz CT molecular complexity index is 850. The predicted octanol–water partition coefficient (Wildman–Crippen LogP) is -0.802. The standard InChI is InChI=1S/C16H16BrN5O3.ClH/c17-11-3-1-10(2-4-11)13-6-5-12(24-13)9-19-7-8-20-16(23)14-15(18)22-25-21-14;/h1-6,19H,7-9H2,(H2,18,22)(H,20,23);1H/p-1. The molecule has 0 spiro atoms. The first-order chi connectivity index (χ1) is 12.1. The Morgan fingerprint density at radius 2 is 1.88 bits per heavy atom. The number of furan rings is 1. The zero-order chi connectivity index (χ0) is 17.6. The van der Waals surface area contributed by atoms with E-state index in [4.69, 9.17) is 10.2 Å². The molecule has 0 radical (unpaired) electrons. The van der Waals surface area contributed by atoms with Crippen LogP contribution in [-0.2, 0) is 6.54 Å². The van der Waals surface area contributed by atoms with Crippen LogP contribution in [-0.4, -0.2) is 29.3 Å². The number of nitrogen functional groups attached to an aromatic ring is 1. The molecule has 0 aliphatic heterocycles. The van der Waals surface area contributed by atoms with Gasteiger partial charge in [0, 0.05) is 23.1 Å². The summed E-state index contributed by atoms with van der Waals surface area (Å²) < 4.78 is 11.2. The van der Waals surface area contributed by atoms with E-state index < -0.39 is 5.91 Å². The highest BCUT2D eigenvalue weighted by Crippen LogP contribution is 2.23. The van der Waals surface area contributed by atoms with Gasteiger partial charge in [-0.2, -0.15) is 0 Å². The van der Waals surface area contributed by atoms with Gasteiger partial charge < -0.3 is 33.2 Å². The molecular formula is C16H16BrClN5O3-. The van der Waals surface area contributed by atoms with Gasteiger partial charge in [-0.15, -0.1) is 0 Å². The molecule has 138 valence electrons. The van der Waals surface area contributed by atoms with Crippen molar-refractivity contribution >= 4 is 27.7 Å². The van der Waals surface area contributed by atoms with Crippen LogP contribution in [0.3, 0.4) is 0 Å². The fourth-order valence-electron chi connectivity index (χ4n) is 2.15. The molecule has 8 nitrogen and oxygen atoms in total. The van der Waals surface area contributed by atoms with Gasteiger partial charge in [-0.25, -0.2) is 4.63 Å². The molecule has 0 atom stereocenters. The molecule has 1 amide bonds. The Morgan fingerprint density at radius 3 is 2.58 bits per heavy atom. The van der Waals surface area contributed by atoms with Crippen LogP contribution in [0, 0.1) is 0 Å². The van der Waals surface area contributed by atoms with E-state index in [9.17, 15) is 4.79 Å². The van der Waals surface area contributed by atoms with Crippen LogP contribution in [0.4, 0.5) is 5.82 Å². The zero-order valence-electron chi connectivity index (χ0n) is 13.5. The van der Waals surface area contributed by atoms with Crippen molar-refractivity contribution in [3.05, 3.63) is 52.3 Å². The van der Waals surface area contributed by atoms with Crippen molar-refractivity contribution in [2.45, 2.75) is 6.54 Å². The quantitative estimate of drug-likeness (QED) is 0.411. The lowest BCUT2D eigenvalue weighted by atomic mass is 10.2. The molecule has 0 fully saturated rings. The number of aromatic nitrogens is 2. The average Bonchev–Trinajstić information content (AvgIpc) is 3.24. The van der Waals surface area contributed by atoms with Gasteiger partial charge in [-0.3, -0.25) is 4.79 Å². The third-order valence-electron chi connectivity index (χ3n) is 3.41. The van der Waals surface area contributed by atoms with Crippen molar-refractivity contribution in [2.75, 3.05) is 18.8 Å². The number of halogens is 2. The van der Waals surface area contributed by atoms with Gasteiger partial charge in [0.25, 0.3) is 5.91 Å². The summed E-state index contributed by atoms with van der Waals surface area (Å²) in [7, 11) is 0. The Labute approximate surface area is 164 Å². The summed E-state index contributed by atoms with van der Waals surface area (Å²) in [4.78, 5) is 11.7. The summed E-state index contributed by atoms with van der Waals surface area (Å²) >= 11 is 3.41. The second-order valence-electron chi connectivity index (χ2n) is 5.20. The number of benzene rings is 1. The molecule has 1 aromatic carbocycles. The molecule has 4 N–H and O–H groups in total. The Hall–Kier alpha value is -2.36. The average molecular weight is 442 g/mol. The fraction of sp³-hybridized carbons (Fsp3) is 0.188. The number of hydrogen-bond donors (Lipinski definition) is 3. The molecule has 3 aromatic rings. The van der Waals surface area contributed by atoms with E-state index in [-0.39, 0.29) is 23.9 Å². The summed E-state index contributed by atoms with van der Waals surface area (Å²) in [5.41, 5.74) is 6.45. The first-order valence-corrected chi connectivity index (χ1v) is 8.34. The molecule has 10 heteroatoms. The topological polar surface area (TPSA) is 119 Å². The molecule has 26 heavy (non-hydrogen) atoms. The van der Waals surface area contributed by atoms with E-state index in [0.29, 0.717) is 19.6 Å². The maximum Gasteiger partial charge on any atom is 0.277 e. The molecule has 0 aliphatic carbocycles. The third-order valence-corrected chi connectivity index (χ3v) is 3.93. The molecule has 2 aromatic heterocycles. The van der Waals surface area contributed by atoms with Gasteiger partial charge in [0.1, 0.15) is 11.5 Å². The van der Waals surface area contributed by atoms with E-state index in [1.54, 1.807) is 0 Å². The van der Waals surface area contributed by atoms with Gasteiger partial charge in [-0.1, -0.05) is 28.1 Å². The lowest BCUT2D eigenvalue weighted by Gasteiger charge is -2.04. The zero-order valence-corrected chi connectivity index (χ0v) is 15.9. The van der Waals surface area contributed by atoms with Crippen LogP contribution in [0.1, 0.15) is 16.2 Å². The number of nitrogens with one attached hydrogen (secondary N) is 2. The normalized spacial score (nSPS) is 10.3. The maximum absolute atomic E-state index is 11.7. The molecule has 3 rings (SSSR count). The fourth-order valence-corrected chi connectivity index (χ4v) is 2.42. The minimum absolute atomic E-state index is 0. The minimum atomic E-state index is -0.420. The summed E-state index contributed by atoms with van der Waals surface area (Å²) in [6.07, 6.45) is 0. The van der Waals surface area contributed by atoms with Crippen molar-refractivity contribution in [1.29, 1.82) is 0 Å². The van der Waals surface area contributed by atoms with Gasteiger partial charge in [0.2, 0.25) is 11.5 Å². The van der Waals surface area contributed by atoms with E-state index >= 15 is 0 Å². The van der Waals surface area contributed by atoms with Crippen LogP contribution in [0.5, 0.6) is 0 Å². The van der Waals surface area contributed by atoms with Gasteiger partial charge in [-0.05, 0) is 34.6 Å².